The maximum absolute atomic E-state index is 14.1. The van der Waals surface area contributed by atoms with Crippen molar-refractivity contribution < 1.29 is 19.4 Å². The van der Waals surface area contributed by atoms with Crippen LogP contribution in [0.2, 0.25) is 0 Å². The molecule has 0 heterocycles. The quantitative estimate of drug-likeness (QED) is 0.651. The monoisotopic (exact) mass is 380 g/mol. The van der Waals surface area contributed by atoms with Gasteiger partial charge in [-0.3, -0.25) is 0 Å². The van der Waals surface area contributed by atoms with E-state index < -0.39 is 11.8 Å². The number of aliphatic carboxylic acids is 1. The minimum Gasteiger partial charge on any atom is -0.505 e. The Morgan fingerprint density at radius 3 is 2.21 bits per heavy atom. The summed E-state index contributed by atoms with van der Waals surface area (Å²) in [5, 5.41) is 18.4. The number of carboxylic acid groups (broad SMARTS) is 1. The number of halogens is 1. The van der Waals surface area contributed by atoms with E-state index in [9.17, 15) is 14.3 Å². The Labute approximate surface area is 164 Å². The Hall–Kier alpha value is -2.88. The van der Waals surface area contributed by atoms with Crippen molar-refractivity contribution in [2.75, 3.05) is 0 Å². The topological polar surface area (TPSA) is 57.5 Å². The van der Waals surface area contributed by atoms with Crippen LogP contribution in [0.5, 0.6) is 5.75 Å². The number of carboxylic acids is 1. The average Bonchev–Trinajstić information content (AvgIpc) is 2.63. The van der Waals surface area contributed by atoms with Gasteiger partial charge in [-0.1, -0.05) is 49.8 Å². The molecule has 3 nitrogen and oxygen atoms in total. The molecular formula is C24H25FO3. The smallest absolute Gasteiger partial charge is 0.328 e. The maximum Gasteiger partial charge on any atom is 0.328 e. The first-order valence-electron chi connectivity index (χ1n) is 9.56. The van der Waals surface area contributed by atoms with Crippen LogP contribution < -0.4 is 0 Å². The van der Waals surface area contributed by atoms with Gasteiger partial charge < -0.3 is 10.2 Å². The fourth-order valence-electron chi connectivity index (χ4n) is 4.15. The molecule has 1 fully saturated rings. The van der Waals surface area contributed by atoms with Gasteiger partial charge in [0.1, 0.15) is 0 Å². The van der Waals surface area contributed by atoms with Gasteiger partial charge in [0.15, 0.2) is 11.6 Å². The van der Waals surface area contributed by atoms with Gasteiger partial charge in [0.05, 0.1) is 0 Å². The summed E-state index contributed by atoms with van der Waals surface area (Å²) >= 11 is 0. The molecule has 0 bridgehead atoms. The first-order chi connectivity index (χ1) is 13.3. The summed E-state index contributed by atoms with van der Waals surface area (Å²) in [6, 6.07) is 12.1. The summed E-state index contributed by atoms with van der Waals surface area (Å²) in [4.78, 5) is 10.7. The van der Waals surface area contributed by atoms with Gasteiger partial charge in [-0.15, -0.1) is 0 Å². The fraction of sp³-hybridized carbons (Fsp3) is 0.292. The van der Waals surface area contributed by atoms with E-state index >= 15 is 0 Å². The van der Waals surface area contributed by atoms with Gasteiger partial charge in [0, 0.05) is 6.08 Å². The minimum atomic E-state index is -0.989. The van der Waals surface area contributed by atoms with E-state index in [4.69, 9.17) is 5.11 Å². The second-order valence-electron chi connectivity index (χ2n) is 7.79. The number of hydrogen-bond donors (Lipinski definition) is 2. The SMILES string of the molecule is CC1CC(=C(c2ccc(/C=C/C(=O)O)cc2)c2ccc(O)c(F)c2)CC(C)C1. The summed E-state index contributed by atoms with van der Waals surface area (Å²) in [6.45, 7) is 4.48. The van der Waals surface area contributed by atoms with E-state index in [0.29, 0.717) is 11.8 Å². The molecule has 0 saturated heterocycles. The lowest BCUT2D eigenvalue weighted by Crippen LogP contribution is -2.14. The molecule has 2 N–H and O–H groups in total. The van der Waals surface area contributed by atoms with Crippen molar-refractivity contribution in [3.8, 4) is 5.75 Å². The van der Waals surface area contributed by atoms with Crippen LogP contribution in [-0.2, 0) is 4.79 Å². The lowest BCUT2D eigenvalue weighted by atomic mass is 9.76. The zero-order chi connectivity index (χ0) is 20.3. The van der Waals surface area contributed by atoms with E-state index in [-0.39, 0.29) is 5.75 Å². The van der Waals surface area contributed by atoms with Crippen LogP contribution in [0.15, 0.2) is 54.1 Å². The molecule has 2 aromatic rings. The van der Waals surface area contributed by atoms with Crippen LogP contribution in [0.25, 0.3) is 11.6 Å². The second kappa shape index (κ2) is 8.42. The number of allylic oxidation sites excluding steroid dienone is 1. The summed E-state index contributed by atoms with van der Waals surface area (Å²) in [7, 11) is 0. The standard InChI is InChI=1S/C24H25FO3/c1-15-11-16(2)13-20(12-15)24(19-8-9-22(26)21(25)14-19)18-6-3-17(4-7-18)5-10-23(27)28/h3-10,14-16,26H,11-13H2,1-2H3,(H,27,28)/b10-5+,24-20?. The van der Waals surface area contributed by atoms with Crippen molar-refractivity contribution in [2.45, 2.75) is 33.1 Å². The van der Waals surface area contributed by atoms with E-state index in [2.05, 4.69) is 13.8 Å². The Kier molecular flexibility index (Phi) is 5.98. The van der Waals surface area contributed by atoms with E-state index in [1.54, 1.807) is 12.1 Å². The highest BCUT2D eigenvalue weighted by Gasteiger charge is 2.23. The molecule has 0 radical (unpaired) electrons. The Morgan fingerprint density at radius 2 is 1.64 bits per heavy atom. The van der Waals surface area contributed by atoms with Crippen LogP contribution in [-0.4, -0.2) is 16.2 Å². The molecule has 2 unspecified atom stereocenters. The summed E-state index contributed by atoms with van der Waals surface area (Å²) in [5.74, 6) is -0.847. The first-order valence-corrected chi connectivity index (χ1v) is 9.56. The molecular weight excluding hydrogens is 355 g/mol. The number of rotatable bonds is 4. The fourth-order valence-corrected chi connectivity index (χ4v) is 4.15. The van der Waals surface area contributed by atoms with Gasteiger partial charge in [-0.05, 0) is 71.6 Å². The zero-order valence-electron chi connectivity index (χ0n) is 16.2. The summed E-state index contributed by atoms with van der Waals surface area (Å²) in [6.07, 6.45) is 5.75. The lowest BCUT2D eigenvalue weighted by molar-refractivity contribution is -0.131. The summed E-state index contributed by atoms with van der Waals surface area (Å²) in [5.41, 5.74) is 4.81. The van der Waals surface area contributed by atoms with Crippen LogP contribution in [0, 0.1) is 17.7 Å². The molecule has 2 aromatic carbocycles. The van der Waals surface area contributed by atoms with E-state index in [0.717, 1.165) is 41.2 Å². The third-order valence-electron chi connectivity index (χ3n) is 5.20. The van der Waals surface area contributed by atoms with Crippen molar-refractivity contribution in [1.82, 2.24) is 0 Å². The maximum atomic E-state index is 14.1. The number of hydrogen-bond acceptors (Lipinski definition) is 2. The van der Waals surface area contributed by atoms with Crippen LogP contribution in [0.3, 0.4) is 0 Å². The van der Waals surface area contributed by atoms with Crippen molar-refractivity contribution in [2.24, 2.45) is 11.8 Å². The van der Waals surface area contributed by atoms with Gasteiger partial charge in [0.25, 0.3) is 0 Å². The molecule has 0 amide bonds. The molecule has 4 heteroatoms. The second-order valence-corrected chi connectivity index (χ2v) is 7.79. The van der Waals surface area contributed by atoms with Crippen molar-refractivity contribution >= 4 is 17.6 Å². The van der Waals surface area contributed by atoms with Gasteiger partial charge in [0.2, 0.25) is 0 Å². The molecule has 1 aliphatic carbocycles. The minimum absolute atomic E-state index is 0.354. The lowest BCUT2D eigenvalue weighted by Gasteiger charge is -2.29. The van der Waals surface area contributed by atoms with Crippen LogP contribution in [0.1, 0.15) is 49.8 Å². The van der Waals surface area contributed by atoms with Gasteiger partial charge >= 0.3 is 5.97 Å². The molecule has 0 aliphatic heterocycles. The van der Waals surface area contributed by atoms with Crippen molar-refractivity contribution in [3.63, 3.8) is 0 Å². The predicted octanol–water partition coefficient (Wildman–Crippen LogP) is 5.89. The normalized spacial score (nSPS) is 19.8. The highest BCUT2D eigenvalue weighted by Crippen LogP contribution is 2.40. The Bertz CT molecular complexity index is 913. The number of phenols is 1. The molecule has 1 aliphatic rings. The van der Waals surface area contributed by atoms with Gasteiger partial charge in [-0.2, -0.15) is 0 Å². The highest BCUT2D eigenvalue weighted by atomic mass is 19.1. The van der Waals surface area contributed by atoms with Crippen molar-refractivity contribution in [1.29, 1.82) is 0 Å². The number of aromatic hydroxyl groups is 1. The highest BCUT2D eigenvalue weighted by molar-refractivity contribution is 5.86. The first kappa shape index (κ1) is 19.9. The molecule has 1 saturated carbocycles. The molecule has 2 atom stereocenters. The Morgan fingerprint density at radius 1 is 1.04 bits per heavy atom. The Balaban J connectivity index is 2.08. The number of benzene rings is 2. The molecule has 28 heavy (non-hydrogen) atoms. The number of phenolic OH excluding ortho intramolecular Hbond substituents is 1. The van der Waals surface area contributed by atoms with E-state index in [1.165, 1.54) is 24.1 Å². The molecule has 0 spiro atoms. The van der Waals surface area contributed by atoms with Crippen LogP contribution in [0.4, 0.5) is 4.39 Å². The molecule has 3 rings (SSSR count). The van der Waals surface area contributed by atoms with Crippen LogP contribution >= 0.6 is 0 Å². The molecule has 146 valence electrons. The largest absolute Gasteiger partial charge is 0.505 e. The van der Waals surface area contributed by atoms with Crippen molar-refractivity contribution in [3.05, 3.63) is 76.6 Å². The third-order valence-corrected chi connectivity index (χ3v) is 5.20. The van der Waals surface area contributed by atoms with E-state index in [1.807, 2.05) is 24.3 Å². The van der Waals surface area contributed by atoms with Gasteiger partial charge in [-0.25, -0.2) is 9.18 Å². The average molecular weight is 380 g/mol. The third kappa shape index (κ3) is 4.69. The zero-order valence-corrected chi connectivity index (χ0v) is 16.2. The molecule has 0 aromatic heterocycles. The number of carbonyl (C=O) groups is 1. The predicted molar refractivity (Wildman–Crippen MR) is 109 cm³/mol. The summed E-state index contributed by atoms with van der Waals surface area (Å²) < 4.78 is 14.1.